The molecule has 2 heterocycles. The van der Waals surface area contributed by atoms with Gasteiger partial charge in [-0.05, 0) is 31.2 Å². The maximum atomic E-state index is 11.7. The maximum absolute atomic E-state index is 11.7. The number of benzene rings is 2. The number of aryl methyl sites for hydroxylation is 1. The number of anilines is 2. The first-order valence-corrected chi connectivity index (χ1v) is 8.64. The molecule has 0 bridgehead atoms. The number of rotatable bonds is 4. The molecule has 0 spiro atoms. The van der Waals surface area contributed by atoms with Crippen molar-refractivity contribution in [2.75, 3.05) is 30.9 Å². The SMILES string of the molecule is CCn1c(-c2ccc(N3CCOC3=O)cc2)c(N)c2ccc(OC)cc21. The second kappa shape index (κ2) is 6.29. The summed E-state index contributed by atoms with van der Waals surface area (Å²) in [5.41, 5.74) is 11.1. The number of hydrogen-bond donors (Lipinski definition) is 1. The van der Waals surface area contributed by atoms with Crippen LogP contribution in [0.3, 0.4) is 0 Å². The molecule has 2 N–H and O–H groups in total. The average molecular weight is 351 g/mol. The van der Waals surface area contributed by atoms with Crippen molar-refractivity contribution in [1.82, 2.24) is 4.57 Å². The van der Waals surface area contributed by atoms with Gasteiger partial charge in [0.15, 0.2) is 0 Å². The minimum Gasteiger partial charge on any atom is -0.497 e. The lowest BCUT2D eigenvalue weighted by atomic mass is 10.1. The van der Waals surface area contributed by atoms with Gasteiger partial charge in [0.1, 0.15) is 12.4 Å². The van der Waals surface area contributed by atoms with Crippen molar-refractivity contribution in [3.05, 3.63) is 42.5 Å². The Balaban J connectivity index is 1.81. The molecule has 1 aliphatic heterocycles. The summed E-state index contributed by atoms with van der Waals surface area (Å²) in [5.74, 6) is 0.805. The smallest absolute Gasteiger partial charge is 0.414 e. The Bertz CT molecular complexity index is 976. The summed E-state index contributed by atoms with van der Waals surface area (Å²) in [6.45, 7) is 3.89. The first kappa shape index (κ1) is 16.3. The quantitative estimate of drug-likeness (QED) is 0.774. The first-order chi connectivity index (χ1) is 12.6. The van der Waals surface area contributed by atoms with E-state index in [-0.39, 0.29) is 6.09 Å². The second-order valence-electron chi connectivity index (χ2n) is 6.20. The van der Waals surface area contributed by atoms with Gasteiger partial charge in [0, 0.05) is 29.2 Å². The molecule has 6 nitrogen and oxygen atoms in total. The highest BCUT2D eigenvalue weighted by Crippen LogP contribution is 2.38. The van der Waals surface area contributed by atoms with E-state index >= 15 is 0 Å². The van der Waals surface area contributed by atoms with Crippen LogP contribution in [0.2, 0.25) is 0 Å². The highest BCUT2D eigenvalue weighted by atomic mass is 16.6. The Labute approximate surface area is 151 Å². The molecule has 0 aliphatic carbocycles. The molecule has 4 rings (SSSR count). The summed E-state index contributed by atoms with van der Waals surface area (Å²) in [6, 6.07) is 13.8. The normalized spacial score (nSPS) is 14.1. The second-order valence-corrected chi connectivity index (χ2v) is 6.20. The van der Waals surface area contributed by atoms with Crippen molar-refractivity contribution in [3.63, 3.8) is 0 Å². The Morgan fingerprint density at radius 3 is 2.58 bits per heavy atom. The van der Waals surface area contributed by atoms with Crippen molar-refractivity contribution in [1.29, 1.82) is 0 Å². The van der Waals surface area contributed by atoms with E-state index < -0.39 is 0 Å². The highest BCUT2D eigenvalue weighted by Gasteiger charge is 2.24. The van der Waals surface area contributed by atoms with Crippen molar-refractivity contribution in [3.8, 4) is 17.0 Å². The lowest BCUT2D eigenvalue weighted by Gasteiger charge is -2.14. The summed E-state index contributed by atoms with van der Waals surface area (Å²) >= 11 is 0. The fraction of sp³-hybridized carbons (Fsp3) is 0.250. The van der Waals surface area contributed by atoms with Crippen molar-refractivity contribution in [2.45, 2.75) is 13.5 Å². The summed E-state index contributed by atoms with van der Waals surface area (Å²) < 4.78 is 12.5. The van der Waals surface area contributed by atoms with Crippen LogP contribution < -0.4 is 15.4 Å². The molecule has 1 amide bonds. The first-order valence-electron chi connectivity index (χ1n) is 8.64. The van der Waals surface area contributed by atoms with E-state index in [0.717, 1.165) is 45.8 Å². The molecular formula is C20H21N3O3. The van der Waals surface area contributed by atoms with Crippen molar-refractivity contribution < 1.29 is 14.3 Å². The number of hydrogen-bond acceptors (Lipinski definition) is 4. The fourth-order valence-corrected chi connectivity index (χ4v) is 3.55. The van der Waals surface area contributed by atoms with Gasteiger partial charge in [-0.3, -0.25) is 4.90 Å². The van der Waals surface area contributed by atoms with Gasteiger partial charge >= 0.3 is 6.09 Å². The number of carbonyl (C=O) groups excluding carboxylic acids is 1. The number of amides is 1. The monoisotopic (exact) mass is 351 g/mol. The van der Waals surface area contributed by atoms with Gasteiger partial charge in [0.25, 0.3) is 0 Å². The highest BCUT2D eigenvalue weighted by molar-refractivity contribution is 6.01. The van der Waals surface area contributed by atoms with Gasteiger partial charge in [-0.15, -0.1) is 0 Å². The Kier molecular flexibility index (Phi) is 3.95. The van der Waals surface area contributed by atoms with Crippen molar-refractivity contribution >= 4 is 28.4 Å². The number of methoxy groups -OCH3 is 1. The topological polar surface area (TPSA) is 69.7 Å². The van der Waals surface area contributed by atoms with Crippen molar-refractivity contribution in [2.24, 2.45) is 0 Å². The summed E-state index contributed by atoms with van der Waals surface area (Å²) in [4.78, 5) is 13.4. The number of ether oxygens (including phenoxy) is 2. The summed E-state index contributed by atoms with van der Waals surface area (Å²) in [5, 5.41) is 1.01. The van der Waals surface area contributed by atoms with Crippen LogP contribution in [0.15, 0.2) is 42.5 Å². The number of nitrogens with zero attached hydrogens (tertiary/aromatic N) is 2. The summed E-state index contributed by atoms with van der Waals surface area (Å²) in [7, 11) is 1.66. The number of nitrogen functional groups attached to an aromatic ring is 1. The van der Waals surface area contributed by atoms with Crippen LogP contribution in [0.4, 0.5) is 16.2 Å². The third-order valence-corrected chi connectivity index (χ3v) is 4.84. The Morgan fingerprint density at radius 1 is 1.19 bits per heavy atom. The van der Waals surface area contributed by atoms with Gasteiger partial charge in [0.05, 0.1) is 30.6 Å². The molecule has 3 aromatic rings. The Morgan fingerprint density at radius 2 is 1.96 bits per heavy atom. The predicted molar refractivity (Wildman–Crippen MR) is 103 cm³/mol. The lowest BCUT2D eigenvalue weighted by molar-refractivity contribution is 0.181. The zero-order chi connectivity index (χ0) is 18.3. The zero-order valence-corrected chi connectivity index (χ0v) is 14.9. The van der Waals surface area contributed by atoms with Crippen LogP contribution >= 0.6 is 0 Å². The van der Waals surface area contributed by atoms with E-state index in [1.807, 2.05) is 42.5 Å². The minimum atomic E-state index is -0.299. The van der Waals surface area contributed by atoms with E-state index in [2.05, 4.69) is 11.5 Å². The molecule has 6 heteroatoms. The minimum absolute atomic E-state index is 0.299. The Hall–Kier alpha value is -3.15. The molecule has 134 valence electrons. The average Bonchev–Trinajstić information content (AvgIpc) is 3.22. The van der Waals surface area contributed by atoms with E-state index in [9.17, 15) is 4.79 Å². The van der Waals surface area contributed by atoms with E-state index in [0.29, 0.717) is 13.2 Å². The number of nitrogens with two attached hydrogens (primary N) is 1. The summed E-state index contributed by atoms with van der Waals surface area (Å²) in [6.07, 6.45) is -0.299. The van der Waals surface area contributed by atoms with Gasteiger partial charge in [-0.2, -0.15) is 0 Å². The van der Waals surface area contributed by atoms with Gasteiger partial charge in [0.2, 0.25) is 0 Å². The van der Waals surface area contributed by atoms with Crippen LogP contribution in [0.25, 0.3) is 22.2 Å². The molecule has 0 saturated carbocycles. The van der Waals surface area contributed by atoms with E-state index in [1.54, 1.807) is 12.0 Å². The molecule has 0 unspecified atom stereocenters. The van der Waals surface area contributed by atoms with Crippen LogP contribution in [0.1, 0.15) is 6.92 Å². The number of aromatic nitrogens is 1. The molecule has 0 radical (unpaired) electrons. The van der Waals surface area contributed by atoms with E-state index in [4.69, 9.17) is 15.2 Å². The number of fused-ring (bicyclic) bond motifs is 1. The largest absolute Gasteiger partial charge is 0.497 e. The van der Waals surface area contributed by atoms with Crippen LogP contribution in [0.5, 0.6) is 5.75 Å². The van der Waals surface area contributed by atoms with Crippen LogP contribution in [0, 0.1) is 0 Å². The molecular weight excluding hydrogens is 330 g/mol. The molecule has 0 atom stereocenters. The number of cyclic esters (lactones) is 1. The molecule has 2 aromatic carbocycles. The third kappa shape index (κ3) is 2.45. The van der Waals surface area contributed by atoms with E-state index in [1.165, 1.54) is 0 Å². The van der Waals surface area contributed by atoms with Gasteiger partial charge < -0.3 is 19.8 Å². The van der Waals surface area contributed by atoms with Gasteiger partial charge in [-0.25, -0.2) is 4.79 Å². The number of carbonyl (C=O) groups is 1. The molecule has 1 aliphatic rings. The fourth-order valence-electron chi connectivity index (χ4n) is 3.55. The third-order valence-electron chi connectivity index (χ3n) is 4.84. The standard InChI is InChI=1S/C20H21N3O3/c1-3-22-17-12-15(25-2)8-9-16(17)18(21)19(22)13-4-6-14(7-5-13)23-10-11-26-20(23)24/h4-9,12H,3,10-11,21H2,1-2H3. The predicted octanol–water partition coefficient (Wildman–Crippen LogP) is 3.88. The molecule has 1 fully saturated rings. The maximum Gasteiger partial charge on any atom is 0.414 e. The zero-order valence-electron chi connectivity index (χ0n) is 14.9. The lowest BCUT2D eigenvalue weighted by Crippen LogP contribution is -2.23. The van der Waals surface area contributed by atoms with Gasteiger partial charge in [-0.1, -0.05) is 12.1 Å². The molecule has 1 saturated heterocycles. The molecule has 26 heavy (non-hydrogen) atoms. The molecule has 1 aromatic heterocycles. The van der Waals surface area contributed by atoms with Crippen LogP contribution in [-0.4, -0.2) is 30.9 Å². The van der Waals surface area contributed by atoms with Crippen LogP contribution in [-0.2, 0) is 11.3 Å².